The molecule has 0 aromatic heterocycles. The average molecular weight is 213 g/mol. The zero-order chi connectivity index (χ0) is 10.8. The van der Waals surface area contributed by atoms with Gasteiger partial charge < -0.3 is 15.1 Å². The third kappa shape index (κ3) is 2.62. The SMILES string of the molecule is O=C(O)N1CCC(C[C@H]2C[C@H]2CO)CC1. The molecule has 0 unspecified atom stereocenters. The molecular formula is C11H19NO3. The Morgan fingerprint density at radius 3 is 2.40 bits per heavy atom. The molecule has 0 spiro atoms. The number of piperidine rings is 1. The highest BCUT2D eigenvalue weighted by atomic mass is 16.4. The van der Waals surface area contributed by atoms with Crippen LogP contribution < -0.4 is 0 Å². The topological polar surface area (TPSA) is 60.8 Å². The van der Waals surface area contributed by atoms with Gasteiger partial charge in [-0.15, -0.1) is 0 Å². The quantitative estimate of drug-likeness (QED) is 0.744. The first-order chi connectivity index (χ1) is 7.20. The zero-order valence-corrected chi connectivity index (χ0v) is 8.93. The van der Waals surface area contributed by atoms with E-state index < -0.39 is 6.09 Å². The molecule has 1 saturated heterocycles. The van der Waals surface area contributed by atoms with E-state index >= 15 is 0 Å². The summed E-state index contributed by atoms with van der Waals surface area (Å²) in [5.74, 6) is 1.95. The fourth-order valence-electron chi connectivity index (χ4n) is 2.61. The number of amides is 1. The van der Waals surface area contributed by atoms with E-state index in [1.54, 1.807) is 0 Å². The molecule has 4 heteroatoms. The van der Waals surface area contributed by atoms with Gasteiger partial charge in [0, 0.05) is 19.7 Å². The molecule has 1 heterocycles. The first kappa shape index (κ1) is 10.7. The molecule has 2 fully saturated rings. The van der Waals surface area contributed by atoms with Crippen LogP contribution in [0.25, 0.3) is 0 Å². The van der Waals surface area contributed by atoms with Gasteiger partial charge in [-0.25, -0.2) is 4.79 Å². The van der Waals surface area contributed by atoms with Crippen LogP contribution in [-0.4, -0.2) is 40.9 Å². The van der Waals surface area contributed by atoms with Gasteiger partial charge in [-0.1, -0.05) is 0 Å². The Morgan fingerprint density at radius 1 is 1.27 bits per heavy atom. The molecule has 1 amide bonds. The first-order valence-corrected chi connectivity index (χ1v) is 5.79. The van der Waals surface area contributed by atoms with Gasteiger partial charge in [0.2, 0.25) is 0 Å². The molecule has 0 bridgehead atoms. The van der Waals surface area contributed by atoms with Gasteiger partial charge in [0.05, 0.1) is 0 Å². The van der Waals surface area contributed by atoms with Crippen LogP contribution in [0, 0.1) is 17.8 Å². The van der Waals surface area contributed by atoms with Crippen LogP contribution in [0.1, 0.15) is 25.7 Å². The van der Waals surface area contributed by atoms with E-state index in [1.165, 1.54) is 17.7 Å². The molecular weight excluding hydrogens is 194 g/mol. The Balaban J connectivity index is 1.68. The lowest BCUT2D eigenvalue weighted by Gasteiger charge is -2.30. The molecule has 15 heavy (non-hydrogen) atoms. The van der Waals surface area contributed by atoms with E-state index in [1.807, 2.05) is 0 Å². The summed E-state index contributed by atoms with van der Waals surface area (Å²) in [6.45, 7) is 1.71. The smallest absolute Gasteiger partial charge is 0.407 e. The van der Waals surface area contributed by atoms with Gasteiger partial charge in [0.15, 0.2) is 0 Å². The van der Waals surface area contributed by atoms with Crippen molar-refractivity contribution in [3.8, 4) is 0 Å². The van der Waals surface area contributed by atoms with Gasteiger partial charge in [-0.05, 0) is 43.4 Å². The largest absolute Gasteiger partial charge is 0.465 e. The normalized spacial score (nSPS) is 31.7. The van der Waals surface area contributed by atoms with Crippen molar-refractivity contribution < 1.29 is 15.0 Å². The van der Waals surface area contributed by atoms with Crippen molar-refractivity contribution in [1.29, 1.82) is 0 Å². The summed E-state index contributed by atoms with van der Waals surface area (Å²) in [4.78, 5) is 12.2. The molecule has 1 aliphatic heterocycles. The van der Waals surface area contributed by atoms with Gasteiger partial charge in [-0.3, -0.25) is 0 Å². The number of likely N-dealkylation sites (tertiary alicyclic amines) is 1. The lowest BCUT2D eigenvalue weighted by molar-refractivity contribution is 0.121. The van der Waals surface area contributed by atoms with E-state index in [4.69, 9.17) is 10.2 Å². The number of carbonyl (C=O) groups is 1. The molecule has 0 radical (unpaired) electrons. The van der Waals surface area contributed by atoms with Crippen LogP contribution in [0.4, 0.5) is 4.79 Å². The molecule has 2 N–H and O–H groups in total. The van der Waals surface area contributed by atoms with Gasteiger partial charge in [0.25, 0.3) is 0 Å². The minimum absolute atomic E-state index is 0.332. The van der Waals surface area contributed by atoms with Crippen molar-refractivity contribution in [2.75, 3.05) is 19.7 Å². The Bertz CT molecular complexity index is 236. The highest BCUT2D eigenvalue weighted by Crippen LogP contribution is 2.44. The lowest BCUT2D eigenvalue weighted by atomic mass is 9.91. The van der Waals surface area contributed by atoms with Gasteiger partial charge in [-0.2, -0.15) is 0 Å². The minimum Gasteiger partial charge on any atom is -0.465 e. The van der Waals surface area contributed by atoms with E-state index in [2.05, 4.69) is 0 Å². The van der Waals surface area contributed by atoms with Crippen LogP contribution >= 0.6 is 0 Å². The molecule has 1 saturated carbocycles. The molecule has 1 aliphatic carbocycles. The van der Waals surface area contributed by atoms with Crippen molar-refractivity contribution in [3.05, 3.63) is 0 Å². The summed E-state index contributed by atoms with van der Waals surface area (Å²) >= 11 is 0. The molecule has 86 valence electrons. The van der Waals surface area contributed by atoms with Gasteiger partial charge >= 0.3 is 6.09 Å². The highest BCUT2D eigenvalue weighted by Gasteiger charge is 2.38. The summed E-state index contributed by atoms with van der Waals surface area (Å²) in [6.07, 6.45) is 3.59. The number of aliphatic hydroxyl groups excluding tert-OH is 1. The van der Waals surface area contributed by atoms with Crippen LogP contribution in [0.2, 0.25) is 0 Å². The maximum Gasteiger partial charge on any atom is 0.407 e. The molecule has 2 atom stereocenters. The maximum absolute atomic E-state index is 10.7. The Morgan fingerprint density at radius 2 is 1.93 bits per heavy atom. The Hall–Kier alpha value is -0.770. The number of carboxylic acid groups (broad SMARTS) is 1. The monoisotopic (exact) mass is 213 g/mol. The minimum atomic E-state index is -0.784. The second kappa shape index (κ2) is 4.39. The lowest BCUT2D eigenvalue weighted by Crippen LogP contribution is -2.37. The molecule has 4 nitrogen and oxygen atoms in total. The summed E-state index contributed by atoms with van der Waals surface area (Å²) in [7, 11) is 0. The third-order valence-electron chi connectivity index (χ3n) is 3.82. The fourth-order valence-corrected chi connectivity index (χ4v) is 2.61. The van der Waals surface area contributed by atoms with E-state index in [0.29, 0.717) is 31.5 Å². The van der Waals surface area contributed by atoms with Crippen LogP contribution in [0.15, 0.2) is 0 Å². The Kier molecular flexibility index (Phi) is 3.14. The van der Waals surface area contributed by atoms with Crippen molar-refractivity contribution in [1.82, 2.24) is 4.90 Å². The average Bonchev–Trinajstić information content (AvgIpc) is 2.97. The highest BCUT2D eigenvalue weighted by molar-refractivity contribution is 5.64. The van der Waals surface area contributed by atoms with Crippen LogP contribution in [0.3, 0.4) is 0 Å². The number of hydrogen-bond donors (Lipinski definition) is 2. The second-order valence-corrected chi connectivity index (χ2v) is 4.89. The number of rotatable bonds is 3. The molecule has 2 aliphatic rings. The molecule has 0 aromatic rings. The van der Waals surface area contributed by atoms with E-state index in [0.717, 1.165) is 18.8 Å². The van der Waals surface area contributed by atoms with Crippen molar-refractivity contribution >= 4 is 6.09 Å². The number of nitrogens with zero attached hydrogens (tertiary/aromatic N) is 1. The first-order valence-electron chi connectivity index (χ1n) is 5.79. The summed E-state index contributed by atoms with van der Waals surface area (Å²) in [5.41, 5.74) is 0. The summed E-state index contributed by atoms with van der Waals surface area (Å²) in [6, 6.07) is 0. The van der Waals surface area contributed by atoms with Crippen LogP contribution in [-0.2, 0) is 0 Å². The summed E-state index contributed by atoms with van der Waals surface area (Å²) in [5, 5.41) is 17.7. The number of aliphatic hydroxyl groups is 1. The van der Waals surface area contributed by atoms with Crippen LogP contribution in [0.5, 0.6) is 0 Å². The molecule has 0 aromatic carbocycles. The van der Waals surface area contributed by atoms with Crippen molar-refractivity contribution in [3.63, 3.8) is 0 Å². The number of hydrogen-bond acceptors (Lipinski definition) is 2. The predicted molar refractivity (Wildman–Crippen MR) is 55.6 cm³/mol. The zero-order valence-electron chi connectivity index (χ0n) is 8.93. The standard InChI is InChI=1S/C11H19NO3/c13-7-10-6-9(10)5-8-1-3-12(4-2-8)11(14)15/h8-10,13H,1-7H2,(H,14,15)/t9-,10-/m0/s1. The fraction of sp³-hybridized carbons (Fsp3) is 0.909. The maximum atomic E-state index is 10.7. The van der Waals surface area contributed by atoms with E-state index in [9.17, 15) is 4.79 Å². The van der Waals surface area contributed by atoms with Crippen molar-refractivity contribution in [2.24, 2.45) is 17.8 Å². The summed E-state index contributed by atoms with van der Waals surface area (Å²) < 4.78 is 0. The van der Waals surface area contributed by atoms with Crippen molar-refractivity contribution in [2.45, 2.75) is 25.7 Å². The third-order valence-corrected chi connectivity index (χ3v) is 3.82. The predicted octanol–water partition coefficient (Wildman–Crippen LogP) is 1.39. The van der Waals surface area contributed by atoms with E-state index in [-0.39, 0.29) is 0 Å². The second-order valence-electron chi connectivity index (χ2n) is 4.89. The molecule has 2 rings (SSSR count). The Labute approximate surface area is 89.9 Å². The van der Waals surface area contributed by atoms with Gasteiger partial charge in [0.1, 0.15) is 0 Å².